The van der Waals surface area contributed by atoms with Crippen LogP contribution in [0.5, 0.6) is 0 Å². The number of imidazole rings is 1. The lowest BCUT2D eigenvalue weighted by atomic mass is 10.1. The topological polar surface area (TPSA) is 29.9 Å². The van der Waals surface area contributed by atoms with Crippen molar-refractivity contribution in [3.8, 4) is 0 Å². The second-order valence-electron chi connectivity index (χ2n) is 5.47. The smallest absolute Gasteiger partial charge is 0.122 e. The molecule has 0 saturated heterocycles. The van der Waals surface area contributed by atoms with Crippen molar-refractivity contribution >= 4 is 0 Å². The van der Waals surface area contributed by atoms with E-state index in [0.29, 0.717) is 0 Å². The molecule has 1 aliphatic carbocycles. The van der Waals surface area contributed by atoms with Crippen LogP contribution in [0.1, 0.15) is 29.8 Å². The Labute approximate surface area is 114 Å². The predicted molar refractivity (Wildman–Crippen MR) is 76.9 cm³/mol. The molecule has 1 aromatic carbocycles. The Hall–Kier alpha value is -1.61. The molecular formula is C16H21N3. The molecule has 0 aliphatic heterocycles. The van der Waals surface area contributed by atoms with Gasteiger partial charge in [-0.05, 0) is 43.4 Å². The van der Waals surface area contributed by atoms with E-state index in [1.54, 1.807) is 0 Å². The van der Waals surface area contributed by atoms with Crippen molar-refractivity contribution in [3.63, 3.8) is 0 Å². The number of nitrogens with one attached hydrogen (secondary N) is 1. The summed E-state index contributed by atoms with van der Waals surface area (Å²) < 4.78 is 2.24. The monoisotopic (exact) mass is 255 g/mol. The first-order valence-electron chi connectivity index (χ1n) is 7.08. The van der Waals surface area contributed by atoms with Crippen LogP contribution in [0.15, 0.2) is 36.7 Å². The number of hydrogen-bond donors (Lipinski definition) is 1. The Kier molecular flexibility index (Phi) is 3.65. The summed E-state index contributed by atoms with van der Waals surface area (Å²) in [6, 6.07) is 8.54. The first-order valence-corrected chi connectivity index (χ1v) is 7.08. The molecule has 0 bridgehead atoms. The first-order chi connectivity index (χ1) is 9.33. The van der Waals surface area contributed by atoms with Gasteiger partial charge in [-0.15, -0.1) is 0 Å². The van der Waals surface area contributed by atoms with E-state index in [9.17, 15) is 0 Å². The van der Waals surface area contributed by atoms with E-state index in [2.05, 4.69) is 52.3 Å². The third-order valence-electron chi connectivity index (χ3n) is 3.82. The highest BCUT2D eigenvalue weighted by Gasteiger charge is 2.20. The van der Waals surface area contributed by atoms with Gasteiger partial charge >= 0.3 is 0 Å². The number of hydrogen-bond acceptors (Lipinski definition) is 2. The summed E-state index contributed by atoms with van der Waals surface area (Å²) in [7, 11) is 0. The molecule has 1 saturated carbocycles. The van der Waals surface area contributed by atoms with Gasteiger partial charge in [0.1, 0.15) is 5.82 Å². The van der Waals surface area contributed by atoms with Crippen molar-refractivity contribution in [2.45, 2.75) is 32.9 Å². The SMILES string of the molecule is Cc1ccccc1Cn1ccnc1CNCC1CC1. The molecule has 3 rings (SSSR count). The van der Waals surface area contributed by atoms with Gasteiger partial charge in [0.25, 0.3) is 0 Å². The third kappa shape index (κ3) is 3.24. The van der Waals surface area contributed by atoms with E-state index in [1.807, 2.05) is 6.20 Å². The second kappa shape index (κ2) is 5.57. The first kappa shape index (κ1) is 12.4. The highest BCUT2D eigenvalue weighted by molar-refractivity contribution is 5.26. The van der Waals surface area contributed by atoms with Gasteiger partial charge in [-0.3, -0.25) is 0 Å². The molecule has 1 N–H and O–H groups in total. The molecule has 2 aromatic rings. The molecule has 0 amide bonds. The minimum Gasteiger partial charge on any atom is -0.329 e. The molecule has 100 valence electrons. The Bertz CT molecular complexity index is 540. The number of nitrogens with zero attached hydrogens (tertiary/aromatic N) is 2. The summed E-state index contributed by atoms with van der Waals surface area (Å²) in [6.45, 7) is 5.08. The maximum Gasteiger partial charge on any atom is 0.122 e. The lowest BCUT2D eigenvalue weighted by Gasteiger charge is -2.10. The Morgan fingerprint density at radius 1 is 1.32 bits per heavy atom. The molecule has 1 heterocycles. The molecule has 1 aromatic heterocycles. The summed E-state index contributed by atoms with van der Waals surface area (Å²) in [5.74, 6) is 2.05. The average Bonchev–Trinajstić information content (AvgIpc) is 3.13. The fraction of sp³-hybridized carbons (Fsp3) is 0.438. The van der Waals surface area contributed by atoms with Crippen molar-refractivity contribution in [1.82, 2.24) is 14.9 Å². The predicted octanol–water partition coefficient (Wildman–Crippen LogP) is 2.74. The largest absolute Gasteiger partial charge is 0.329 e. The zero-order valence-corrected chi connectivity index (χ0v) is 11.5. The summed E-state index contributed by atoms with van der Waals surface area (Å²) in [5.41, 5.74) is 2.71. The van der Waals surface area contributed by atoms with Gasteiger partial charge in [-0.25, -0.2) is 4.98 Å². The van der Waals surface area contributed by atoms with E-state index in [-0.39, 0.29) is 0 Å². The molecule has 0 atom stereocenters. The summed E-state index contributed by atoms with van der Waals surface area (Å²) in [6.07, 6.45) is 6.75. The lowest BCUT2D eigenvalue weighted by molar-refractivity contribution is 0.593. The van der Waals surface area contributed by atoms with Crippen LogP contribution in [0.25, 0.3) is 0 Å². The van der Waals surface area contributed by atoms with Crippen LogP contribution in [0.3, 0.4) is 0 Å². The van der Waals surface area contributed by atoms with Crippen LogP contribution in [0.2, 0.25) is 0 Å². The van der Waals surface area contributed by atoms with Gasteiger partial charge in [-0.2, -0.15) is 0 Å². The molecule has 0 unspecified atom stereocenters. The van der Waals surface area contributed by atoms with Crippen molar-refractivity contribution < 1.29 is 0 Å². The number of benzene rings is 1. The van der Waals surface area contributed by atoms with Crippen LogP contribution >= 0.6 is 0 Å². The summed E-state index contributed by atoms with van der Waals surface area (Å²) >= 11 is 0. The quantitative estimate of drug-likeness (QED) is 0.860. The zero-order valence-electron chi connectivity index (χ0n) is 11.5. The Balaban J connectivity index is 1.64. The fourth-order valence-electron chi connectivity index (χ4n) is 2.33. The standard InChI is InChI=1S/C16H21N3/c1-13-4-2-3-5-15(13)12-19-9-8-18-16(19)11-17-10-14-6-7-14/h2-5,8-9,14,17H,6-7,10-12H2,1H3. The van der Waals surface area contributed by atoms with E-state index in [0.717, 1.165) is 31.4 Å². The van der Waals surface area contributed by atoms with Gasteiger partial charge < -0.3 is 9.88 Å². The zero-order chi connectivity index (χ0) is 13.1. The molecule has 1 aliphatic rings. The Morgan fingerprint density at radius 3 is 2.95 bits per heavy atom. The van der Waals surface area contributed by atoms with Gasteiger partial charge in [0.2, 0.25) is 0 Å². The molecule has 1 fully saturated rings. The second-order valence-corrected chi connectivity index (χ2v) is 5.47. The normalized spacial score (nSPS) is 14.8. The molecule has 0 spiro atoms. The van der Waals surface area contributed by atoms with Gasteiger partial charge in [0, 0.05) is 18.9 Å². The summed E-state index contributed by atoms with van der Waals surface area (Å²) in [4.78, 5) is 4.46. The lowest BCUT2D eigenvalue weighted by Crippen LogP contribution is -2.19. The van der Waals surface area contributed by atoms with E-state index >= 15 is 0 Å². The van der Waals surface area contributed by atoms with E-state index in [1.165, 1.54) is 24.0 Å². The van der Waals surface area contributed by atoms with Crippen LogP contribution in [0, 0.1) is 12.8 Å². The van der Waals surface area contributed by atoms with E-state index < -0.39 is 0 Å². The highest BCUT2D eigenvalue weighted by atomic mass is 15.1. The number of aromatic nitrogens is 2. The van der Waals surface area contributed by atoms with Gasteiger partial charge in [0.15, 0.2) is 0 Å². The molecule has 3 nitrogen and oxygen atoms in total. The third-order valence-corrected chi connectivity index (χ3v) is 3.82. The maximum atomic E-state index is 4.46. The highest BCUT2D eigenvalue weighted by Crippen LogP contribution is 2.27. The molecule has 3 heteroatoms. The molecule has 19 heavy (non-hydrogen) atoms. The molecular weight excluding hydrogens is 234 g/mol. The minimum absolute atomic E-state index is 0.870. The average molecular weight is 255 g/mol. The number of aryl methyl sites for hydroxylation is 1. The van der Waals surface area contributed by atoms with Gasteiger partial charge in [-0.1, -0.05) is 24.3 Å². The van der Waals surface area contributed by atoms with Crippen molar-refractivity contribution in [2.75, 3.05) is 6.54 Å². The van der Waals surface area contributed by atoms with Crippen molar-refractivity contribution in [3.05, 3.63) is 53.6 Å². The fourth-order valence-corrected chi connectivity index (χ4v) is 2.33. The van der Waals surface area contributed by atoms with Crippen LogP contribution in [0.4, 0.5) is 0 Å². The minimum atomic E-state index is 0.870. The van der Waals surface area contributed by atoms with Crippen LogP contribution in [-0.4, -0.2) is 16.1 Å². The maximum absolute atomic E-state index is 4.46. The van der Waals surface area contributed by atoms with Crippen LogP contribution in [-0.2, 0) is 13.1 Å². The summed E-state index contributed by atoms with van der Waals surface area (Å²) in [5, 5.41) is 3.51. The van der Waals surface area contributed by atoms with Gasteiger partial charge in [0.05, 0.1) is 6.54 Å². The van der Waals surface area contributed by atoms with E-state index in [4.69, 9.17) is 0 Å². The van der Waals surface area contributed by atoms with Crippen LogP contribution < -0.4 is 5.32 Å². The Morgan fingerprint density at radius 2 is 2.16 bits per heavy atom. The number of rotatable bonds is 6. The van der Waals surface area contributed by atoms with Crippen molar-refractivity contribution in [1.29, 1.82) is 0 Å². The molecule has 0 radical (unpaired) electrons. The van der Waals surface area contributed by atoms with Crippen molar-refractivity contribution in [2.24, 2.45) is 5.92 Å².